The Morgan fingerprint density at radius 1 is 1.42 bits per heavy atom. The molecule has 1 fully saturated rings. The Balaban J connectivity index is 1.82. The number of rotatable bonds is 4. The first-order valence-corrected chi connectivity index (χ1v) is 7.72. The van der Waals surface area contributed by atoms with E-state index < -0.39 is 0 Å². The highest BCUT2D eigenvalue weighted by Gasteiger charge is 2.14. The second kappa shape index (κ2) is 7.06. The van der Waals surface area contributed by atoms with E-state index in [2.05, 4.69) is 26.6 Å². The molecule has 4 heteroatoms. The fourth-order valence-corrected chi connectivity index (χ4v) is 2.83. The first-order valence-electron chi connectivity index (χ1n) is 6.92. The molecule has 3 nitrogen and oxygen atoms in total. The minimum absolute atomic E-state index is 0.125. The number of piperidine rings is 1. The molecule has 0 saturated carbocycles. The molecule has 104 valence electrons. The van der Waals surface area contributed by atoms with Crippen molar-refractivity contribution in [2.45, 2.75) is 32.6 Å². The van der Waals surface area contributed by atoms with Gasteiger partial charge in [-0.2, -0.15) is 0 Å². The lowest BCUT2D eigenvalue weighted by Crippen LogP contribution is -2.28. The van der Waals surface area contributed by atoms with Gasteiger partial charge in [-0.3, -0.25) is 4.79 Å². The molecule has 0 bridgehead atoms. The Labute approximate surface area is 123 Å². The van der Waals surface area contributed by atoms with E-state index >= 15 is 0 Å². The predicted octanol–water partition coefficient (Wildman–Crippen LogP) is 3.48. The summed E-state index contributed by atoms with van der Waals surface area (Å²) in [6.07, 6.45) is 4.02. The van der Waals surface area contributed by atoms with Crippen LogP contribution in [0.3, 0.4) is 0 Å². The zero-order chi connectivity index (χ0) is 13.7. The van der Waals surface area contributed by atoms with Crippen LogP contribution >= 0.6 is 15.9 Å². The summed E-state index contributed by atoms with van der Waals surface area (Å²) in [5.41, 5.74) is 1.99. The van der Waals surface area contributed by atoms with Gasteiger partial charge in [0, 0.05) is 16.6 Å². The summed E-state index contributed by atoms with van der Waals surface area (Å²) in [7, 11) is 0. The van der Waals surface area contributed by atoms with Crippen LogP contribution in [0.2, 0.25) is 0 Å². The topological polar surface area (TPSA) is 41.1 Å². The van der Waals surface area contributed by atoms with Crippen molar-refractivity contribution in [3.8, 4) is 0 Å². The van der Waals surface area contributed by atoms with Gasteiger partial charge in [0.2, 0.25) is 5.91 Å². The van der Waals surface area contributed by atoms with Gasteiger partial charge in [0.05, 0.1) is 0 Å². The molecular formula is C15H21BrN2O. The van der Waals surface area contributed by atoms with Crippen molar-refractivity contribution in [1.29, 1.82) is 0 Å². The second-order valence-corrected chi connectivity index (χ2v) is 6.05. The highest BCUT2D eigenvalue weighted by Crippen LogP contribution is 2.24. The van der Waals surface area contributed by atoms with Crippen LogP contribution in [0.5, 0.6) is 0 Å². The van der Waals surface area contributed by atoms with Crippen molar-refractivity contribution in [3.05, 3.63) is 28.2 Å². The average molecular weight is 325 g/mol. The minimum atomic E-state index is 0.125. The maximum absolute atomic E-state index is 12.0. The molecule has 0 radical (unpaired) electrons. The summed E-state index contributed by atoms with van der Waals surface area (Å²) in [6, 6.07) is 5.88. The standard InChI is InChI=1S/C15H21BrN2O/c1-11-13(16)3-2-4-14(11)18-15(19)6-5-12-7-9-17-10-8-12/h2-4,12,17H,5-10H2,1H3,(H,18,19). The fourth-order valence-electron chi connectivity index (χ4n) is 2.46. The summed E-state index contributed by atoms with van der Waals surface area (Å²) < 4.78 is 1.03. The van der Waals surface area contributed by atoms with Crippen molar-refractivity contribution >= 4 is 27.5 Å². The average Bonchev–Trinajstić information content (AvgIpc) is 2.43. The number of halogens is 1. The molecule has 0 atom stereocenters. The summed E-state index contributed by atoms with van der Waals surface area (Å²) in [4.78, 5) is 12.0. The molecule has 1 aromatic rings. The molecule has 1 saturated heterocycles. The first-order chi connectivity index (χ1) is 9.16. The van der Waals surface area contributed by atoms with Crippen LogP contribution in [-0.2, 0) is 4.79 Å². The molecule has 0 spiro atoms. The van der Waals surface area contributed by atoms with E-state index in [9.17, 15) is 4.79 Å². The fraction of sp³-hybridized carbons (Fsp3) is 0.533. The molecule has 1 aliphatic heterocycles. The number of benzene rings is 1. The molecule has 0 unspecified atom stereocenters. The minimum Gasteiger partial charge on any atom is -0.326 e. The van der Waals surface area contributed by atoms with Gasteiger partial charge in [-0.15, -0.1) is 0 Å². The Morgan fingerprint density at radius 3 is 2.89 bits per heavy atom. The molecule has 19 heavy (non-hydrogen) atoms. The summed E-state index contributed by atoms with van der Waals surface area (Å²) in [5.74, 6) is 0.829. The number of carbonyl (C=O) groups excluding carboxylic acids is 1. The maximum Gasteiger partial charge on any atom is 0.224 e. The van der Waals surface area contributed by atoms with Gasteiger partial charge in [0.1, 0.15) is 0 Å². The molecule has 1 heterocycles. The van der Waals surface area contributed by atoms with Crippen LogP contribution in [0.1, 0.15) is 31.2 Å². The normalized spacial score (nSPS) is 16.3. The first kappa shape index (κ1) is 14.5. The van der Waals surface area contributed by atoms with Gasteiger partial charge >= 0.3 is 0 Å². The van der Waals surface area contributed by atoms with Gasteiger partial charge in [-0.05, 0) is 62.9 Å². The van der Waals surface area contributed by atoms with E-state index in [-0.39, 0.29) is 5.91 Å². The van der Waals surface area contributed by atoms with Crippen molar-refractivity contribution in [3.63, 3.8) is 0 Å². The van der Waals surface area contributed by atoms with E-state index in [1.54, 1.807) is 0 Å². The zero-order valence-electron chi connectivity index (χ0n) is 11.3. The van der Waals surface area contributed by atoms with Crippen molar-refractivity contribution in [2.75, 3.05) is 18.4 Å². The molecular weight excluding hydrogens is 304 g/mol. The lowest BCUT2D eigenvalue weighted by atomic mass is 9.93. The van der Waals surface area contributed by atoms with Gasteiger partial charge < -0.3 is 10.6 Å². The second-order valence-electron chi connectivity index (χ2n) is 5.19. The molecule has 0 aliphatic carbocycles. The van der Waals surface area contributed by atoms with E-state index in [0.29, 0.717) is 12.3 Å². The van der Waals surface area contributed by atoms with Gasteiger partial charge in [-0.25, -0.2) is 0 Å². The number of hydrogen-bond acceptors (Lipinski definition) is 2. The number of anilines is 1. The van der Waals surface area contributed by atoms with Crippen molar-refractivity contribution in [2.24, 2.45) is 5.92 Å². The van der Waals surface area contributed by atoms with Gasteiger partial charge in [0.25, 0.3) is 0 Å². The zero-order valence-corrected chi connectivity index (χ0v) is 12.9. The predicted molar refractivity (Wildman–Crippen MR) is 82.3 cm³/mol. The molecule has 1 aromatic carbocycles. The summed E-state index contributed by atoms with van der Waals surface area (Å²) in [5, 5.41) is 6.36. The Morgan fingerprint density at radius 2 is 2.16 bits per heavy atom. The lowest BCUT2D eigenvalue weighted by molar-refractivity contribution is -0.116. The third-order valence-electron chi connectivity index (χ3n) is 3.78. The van der Waals surface area contributed by atoms with Crippen LogP contribution < -0.4 is 10.6 Å². The smallest absolute Gasteiger partial charge is 0.224 e. The molecule has 0 aromatic heterocycles. The van der Waals surface area contributed by atoms with Crippen LogP contribution in [-0.4, -0.2) is 19.0 Å². The van der Waals surface area contributed by atoms with E-state index in [4.69, 9.17) is 0 Å². The Hall–Kier alpha value is -0.870. The number of nitrogens with one attached hydrogen (secondary N) is 2. The number of hydrogen-bond donors (Lipinski definition) is 2. The molecule has 2 N–H and O–H groups in total. The van der Waals surface area contributed by atoms with Crippen LogP contribution in [0.4, 0.5) is 5.69 Å². The highest BCUT2D eigenvalue weighted by atomic mass is 79.9. The monoisotopic (exact) mass is 324 g/mol. The van der Waals surface area contributed by atoms with Crippen molar-refractivity contribution < 1.29 is 4.79 Å². The van der Waals surface area contributed by atoms with Gasteiger partial charge in [-0.1, -0.05) is 22.0 Å². The van der Waals surface area contributed by atoms with Crippen LogP contribution in [0.15, 0.2) is 22.7 Å². The Bertz CT molecular complexity index is 442. The quantitative estimate of drug-likeness (QED) is 0.890. The third kappa shape index (κ3) is 4.32. The van der Waals surface area contributed by atoms with Gasteiger partial charge in [0.15, 0.2) is 0 Å². The summed E-state index contributed by atoms with van der Waals surface area (Å²) in [6.45, 7) is 4.19. The number of amides is 1. The lowest BCUT2D eigenvalue weighted by Gasteiger charge is -2.22. The third-order valence-corrected chi connectivity index (χ3v) is 4.64. The highest BCUT2D eigenvalue weighted by molar-refractivity contribution is 9.10. The van der Waals surface area contributed by atoms with Crippen molar-refractivity contribution in [1.82, 2.24) is 5.32 Å². The number of carbonyl (C=O) groups is 1. The van der Waals surface area contributed by atoms with E-state index in [1.165, 1.54) is 12.8 Å². The van der Waals surface area contributed by atoms with E-state index in [0.717, 1.165) is 35.2 Å². The molecule has 1 amide bonds. The van der Waals surface area contributed by atoms with Crippen LogP contribution in [0.25, 0.3) is 0 Å². The largest absolute Gasteiger partial charge is 0.326 e. The molecule has 1 aliphatic rings. The van der Waals surface area contributed by atoms with E-state index in [1.807, 2.05) is 25.1 Å². The maximum atomic E-state index is 12.0. The summed E-state index contributed by atoms with van der Waals surface area (Å²) >= 11 is 3.48. The Kier molecular flexibility index (Phi) is 5.40. The SMILES string of the molecule is Cc1c(Br)cccc1NC(=O)CCC1CCNCC1. The van der Waals surface area contributed by atoms with Crippen LogP contribution in [0, 0.1) is 12.8 Å². The molecule has 2 rings (SSSR count).